The molecule has 1 aromatic heterocycles. The predicted molar refractivity (Wildman–Crippen MR) is 79.2 cm³/mol. The molecule has 2 bridgehead atoms. The van der Waals surface area contributed by atoms with E-state index in [9.17, 15) is 4.79 Å². The van der Waals surface area contributed by atoms with Gasteiger partial charge in [0.15, 0.2) is 5.58 Å². The van der Waals surface area contributed by atoms with Crippen molar-refractivity contribution in [2.24, 2.45) is 5.92 Å². The van der Waals surface area contributed by atoms with Crippen LogP contribution in [0.3, 0.4) is 0 Å². The number of benzene rings is 1. The van der Waals surface area contributed by atoms with Gasteiger partial charge in [0.25, 0.3) is 5.91 Å². The normalized spacial score (nSPS) is 28.0. The maximum absolute atomic E-state index is 12.4. The Morgan fingerprint density at radius 1 is 1.38 bits per heavy atom. The molecule has 5 heteroatoms. The van der Waals surface area contributed by atoms with Gasteiger partial charge in [0.2, 0.25) is 0 Å². The average molecular weight is 285 g/mol. The number of aryl methyl sites for hydroxylation is 1. The third-order valence-electron chi connectivity index (χ3n) is 4.89. The van der Waals surface area contributed by atoms with Crippen molar-refractivity contribution in [3.05, 3.63) is 29.5 Å². The Morgan fingerprint density at radius 2 is 2.19 bits per heavy atom. The van der Waals surface area contributed by atoms with Crippen molar-refractivity contribution in [3.8, 4) is 0 Å². The molecule has 0 radical (unpaired) electrons. The molecule has 1 aromatic carbocycles. The Balaban J connectivity index is 1.53. The smallest absolute Gasteiger partial charge is 0.251 e. The van der Waals surface area contributed by atoms with Crippen LogP contribution in [0.2, 0.25) is 0 Å². The van der Waals surface area contributed by atoms with Crippen LogP contribution in [0, 0.1) is 12.8 Å². The molecule has 1 N–H and O–H groups in total. The summed E-state index contributed by atoms with van der Waals surface area (Å²) in [5.41, 5.74) is 2.18. The Kier molecular flexibility index (Phi) is 2.96. The lowest BCUT2D eigenvalue weighted by atomic mass is 9.84. The molecule has 3 aliphatic heterocycles. The molecule has 1 atom stereocenters. The third-order valence-corrected chi connectivity index (χ3v) is 4.89. The van der Waals surface area contributed by atoms with E-state index >= 15 is 0 Å². The van der Waals surface area contributed by atoms with E-state index in [1.54, 1.807) is 6.07 Å². The van der Waals surface area contributed by atoms with Crippen molar-refractivity contribution in [2.75, 3.05) is 19.6 Å². The van der Waals surface area contributed by atoms with Crippen molar-refractivity contribution < 1.29 is 9.32 Å². The first-order valence-corrected chi connectivity index (χ1v) is 7.60. The van der Waals surface area contributed by atoms with E-state index in [1.807, 2.05) is 19.1 Å². The highest BCUT2D eigenvalue weighted by Crippen LogP contribution is 2.28. The van der Waals surface area contributed by atoms with E-state index in [2.05, 4.69) is 15.4 Å². The van der Waals surface area contributed by atoms with E-state index in [0.29, 0.717) is 17.1 Å². The molecule has 3 fully saturated rings. The van der Waals surface area contributed by atoms with Crippen molar-refractivity contribution in [1.29, 1.82) is 0 Å². The van der Waals surface area contributed by atoms with Crippen LogP contribution in [0.5, 0.6) is 0 Å². The quantitative estimate of drug-likeness (QED) is 0.916. The maximum atomic E-state index is 12.4. The van der Waals surface area contributed by atoms with Gasteiger partial charge < -0.3 is 14.7 Å². The van der Waals surface area contributed by atoms with Gasteiger partial charge in [-0.05, 0) is 57.0 Å². The molecule has 3 aliphatic rings. The van der Waals surface area contributed by atoms with Gasteiger partial charge in [-0.15, -0.1) is 0 Å². The van der Waals surface area contributed by atoms with Gasteiger partial charge in [0.1, 0.15) is 0 Å². The summed E-state index contributed by atoms with van der Waals surface area (Å²) >= 11 is 0. The summed E-state index contributed by atoms with van der Waals surface area (Å²) in [4.78, 5) is 14.9. The Hall–Kier alpha value is -1.88. The van der Waals surface area contributed by atoms with Crippen LogP contribution in [0.1, 0.15) is 28.9 Å². The summed E-state index contributed by atoms with van der Waals surface area (Å²) in [5.74, 6) is 0.625. The number of carbonyl (C=O) groups excluding carboxylic acids is 1. The largest absolute Gasteiger partial charge is 0.356 e. The summed E-state index contributed by atoms with van der Waals surface area (Å²) < 4.78 is 5.24. The minimum atomic E-state index is -0.00953. The number of carbonyl (C=O) groups is 1. The second-order valence-electron chi connectivity index (χ2n) is 6.20. The minimum Gasteiger partial charge on any atom is -0.356 e. The van der Waals surface area contributed by atoms with E-state index in [-0.39, 0.29) is 11.9 Å². The molecular weight excluding hydrogens is 266 g/mol. The Bertz CT molecular complexity index is 686. The fourth-order valence-electron chi connectivity index (χ4n) is 3.59. The number of aromatic nitrogens is 1. The van der Waals surface area contributed by atoms with Crippen LogP contribution in [0.15, 0.2) is 22.7 Å². The van der Waals surface area contributed by atoms with Gasteiger partial charge in [-0.2, -0.15) is 0 Å². The number of hydrogen-bond acceptors (Lipinski definition) is 4. The summed E-state index contributed by atoms with van der Waals surface area (Å²) in [6.45, 7) is 5.25. The molecule has 5 rings (SSSR count). The van der Waals surface area contributed by atoms with Crippen LogP contribution in [-0.4, -0.2) is 41.6 Å². The topological polar surface area (TPSA) is 58.4 Å². The summed E-state index contributed by atoms with van der Waals surface area (Å²) in [6.07, 6.45) is 2.40. The SMILES string of the molecule is Cc1noc2cc(C(=O)N[C@H]3CN4CCC3CC4)ccc12. The number of nitrogens with one attached hydrogen (secondary N) is 1. The van der Waals surface area contributed by atoms with Gasteiger partial charge in [0, 0.05) is 23.5 Å². The van der Waals surface area contributed by atoms with Crippen LogP contribution in [-0.2, 0) is 0 Å². The Morgan fingerprint density at radius 3 is 2.90 bits per heavy atom. The second-order valence-corrected chi connectivity index (χ2v) is 6.20. The maximum Gasteiger partial charge on any atom is 0.251 e. The standard InChI is InChI=1S/C16H19N3O2/c1-10-13-3-2-12(8-15(13)21-18-10)16(20)17-14-9-19-6-4-11(14)5-7-19/h2-3,8,11,14H,4-7,9H2,1H3,(H,17,20)/t14-/m0/s1. The van der Waals surface area contributed by atoms with Crippen molar-refractivity contribution >= 4 is 16.9 Å². The zero-order chi connectivity index (χ0) is 14.4. The van der Waals surface area contributed by atoms with E-state index < -0.39 is 0 Å². The van der Waals surface area contributed by atoms with E-state index in [1.165, 1.54) is 25.9 Å². The molecule has 4 heterocycles. The van der Waals surface area contributed by atoms with Gasteiger partial charge >= 0.3 is 0 Å². The zero-order valence-electron chi connectivity index (χ0n) is 12.1. The molecule has 0 spiro atoms. The van der Waals surface area contributed by atoms with Gasteiger partial charge in [-0.3, -0.25) is 4.79 Å². The fourth-order valence-corrected chi connectivity index (χ4v) is 3.59. The molecule has 0 saturated carbocycles. The molecule has 110 valence electrons. The molecule has 2 aromatic rings. The molecule has 1 amide bonds. The van der Waals surface area contributed by atoms with Crippen molar-refractivity contribution in [2.45, 2.75) is 25.8 Å². The van der Waals surface area contributed by atoms with Crippen LogP contribution >= 0.6 is 0 Å². The van der Waals surface area contributed by atoms with E-state index in [4.69, 9.17) is 4.52 Å². The highest BCUT2D eigenvalue weighted by atomic mass is 16.5. The van der Waals surface area contributed by atoms with Crippen LogP contribution < -0.4 is 5.32 Å². The molecule has 21 heavy (non-hydrogen) atoms. The third kappa shape index (κ3) is 2.21. The van der Waals surface area contributed by atoms with Gasteiger partial charge in [0.05, 0.1) is 5.69 Å². The highest BCUT2D eigenvalue weighted by molar-refractivity contribution is 5.97. The number of piperidine rings is 3. The average Bonchev–Trinajstić information content (AvgIpc) is 2.89. The molecule has 0 unspecified atom stereocenters. The zero-order valence-corrected chi connectivity index (χ0v) is 12.1. The molecule has 5 nitrogen and oxygen atoms in total. The Labute approximate surface area is 123 Å². The monoisotopic (exact) mass is 285 g/mol. The molecule has 3 saturated heterocycles. The summed E-state index contributed by atoms with van der Waals surface area (Å²) in [6, 6.07) is 5.83. The fraction of sp³-hybridized carbons (Fsp3) is 0.500. The number of fused-ring (bicyclic) bond motifs is 4. The lowest BCUT2D eigenvalue weighted by Crippen LogP contribution is -2.57. The number of nitrogens with zero attached hydrogens (tertiary/aromatic N) is 2. The first-order chi connectivity index (χ1) is 10.2. The lowest BCUT2D eigenvalue weighted by molar-refractivity contribution is 0.0620. The number of amides is 1. The first-order valence-electron chi connectivity index (χ1n) is 7.60. The number of hydrogen-bond donors (Lipinski definition) is 1. The first kappa shape index (κ1) is 12.8. The van der Waals surface area contributed by atoms with E-state index in [0.717, 1.165) is 17.6 Å². The second kappa shape index (κ2) is 4.84. The van der Waals surface area contributed by atoms with Gasteiger partial charge in [-0.1, -0.05) is 5.16 Å². The molecule has 0 aliphatic carbocycles. The number of rotatable bonds is 2. The van der Waals surface area contributed by atoms with Gasteiger partial charge in [-0.25, -0.2) is 0 Å². The van der Waals surface area contributed by atoms with Crippen LogP contribution in [0.4, 0.5) is 0 Å². The summed E-state index contributed by atoms with van der Waals surface area (Å²) in [5, 5.41) is 8.09. The lowest BCUT2D eigenvalue weighted by Gasteiger charge is -2.44. The summed E-state index contributed by atoms with van der Waals surface area (Å²) in [7, 11) is 0. The molecular formula is C16H19N3O2. The van der Waals surface area contributed by atoms with Crippen molar-refractivity contribution in [3.63, 3.8) is 0 Å². The minimum absolute atomic E-state index is 0.00953. The van der Waals surface area contributed by atoms with Crippen LogP contribution in [0.25, 0.3) is 11.0 Å². The predicted octanol–water partition coefficient (Wildman–Crippen LogP) is 1.96. The van der Waals surface area contributed by atoms with Crippen molar-refractivity contribution in [1.82, 2.24) is 15.4 Å². The highest BCUT2D eigenvalue weighted by Gasteiger charge is 2.34.